The molecule has 3 nitrogen and oxygen atoms in total. The number of carbonyl (C=O) groups excluding carboxylic acids is 1. The van der Waals surface area contributed by atoms with Crippen LogP contribution in [0.2, 0.25) is 0 Å². The summed E-state index contributed by atoms with van der Waals surface area (Å²) in [5, 5.41) is 8.74. The number of Topliss-reactive ketones (excluding diaryl/α,β-unsaturated/α-hetero) is 1. The molecule has 1 N–H and O–H groups in total. The minimum atomic E-state index is -0.0415. The van der Waals surface area contributed by atoms with Gasteiger partial charge in [0.25, 0.3) is 0 Å². The molecule has 0 aromatic rings. The van der Waals surface area contributed by atoms with Crippen molar-refractivity contribution in [2.24, 2.45) is 0 Å². The molecule has 0 fully saturated rings. The van der Waals surface area contributed by atoms with E-state index in [1.807, 2.05) is 0 Å². The maximum atomic E-state index is 10.5. The van der Waals surface area contributed by atoms with Crippen LogP contribution in [0.25, 0.3) is 0 Å². The highest BCUT2D eigenvalue weighted by atomic mass is 32.1. The van der Waals surface area contributed by atoms with Crippen LogP contribution < -0.4 is 0 Å². The highest BCUT2D eigenvalue weighted by Gasteiger charge is 1.99. The highest BCUT2D eigenvalue weighted by molar-refractivity contribution is 7.80. The van der Waals surface area contributed by atoms with Crippen molar-refractivity contribution >= 4 is 23.1 Å². The molecule has 0 aromatic carbocycles. The summed E-state index contributed by atoms with van der Waals surface area (Å²) in [6.45, 7) is 1.69. The van der Waals surface area contributed by atoms with Crippen molar-refractivity contribution in [3.05, 3.63) is 0 Å². The van der Waals surface area contributed by atoms with Crippen LogP contribution in [0.5, 0.6) is 0 Å². The van der Waals surface area contributed by atoms with Crippen molar-refractivity contribution in [1.29, 1.82) is 0 Å². The quantitative estimate of drug-likeness (QED) is 0.626. The Morgan fingerprint density at radius 1 is 1.55 bits per heavy atom. The first-order valence-electron chi connectivity index (χ1n) is 3.42. The number of carbonyl (C=O) groups is 1. The van der Waals surface area contributed by atoms with Crippen molar-refractivity contribution in [2.45, 2.75) is 19.8 Å². The van der Waals surface area contributed by atoms with Gasteiger partial charge in [0, 0.05) is 12.8 Å². The molecule has 0 spiro atoms. The van der Waals surface area contributed by atoms with Crippen LogP contribution >= 0.6 is 12.2 Å². The van der Waals surface area contributed by atoms with Gasteiger partial charge in [-0.25, -0.2) is 0 Å². The molecule has 0 aliphatic heterocycles. The lowest BCUT2D eigenvalue weighted by Gasteiger charge is -2.03. The summed E-state index contributed by atoms with van der Waals surface area (Å²) >= 11 is 4.75. The number of thiocarbonyl (C=S) groups is 1. The molecule has 0 aromatic heterocycles. The van der Waals surface area contributed by atoms with E-state index in [9.17, 15) is 4.79 Å². The minimum Gasteiger partial charge on any atom is -0.485 e. The fraction of sp³-hybridized carbons (Fsp3) is 0.714. The molecule has 0 saturated carbocycles. The average Bonchev–Trinajstić information content (AvgIpc) is 1.97. The third-order valence-electron chi connectivity index (χ3n) is 1.04. The summed E-state index contributed by atoms with van der Waals surface area (Å²) < 4.78 is 4.87. The van der Waals surface area contributed by atoms with Crippen LogP contribution in [0.1, 0.15) is 19.8 Å². The summed E-state index contributed by atoms with van der Waals surface area (Å²) in [5.74, 6) is 0.0972. The first kappa shape index (κ1) is 10.5. The second-order valence-corrected chi connectivity index (χ2v) is 2.60. The van der Waals surface area contributed by atoms with Gasteiger partial charge < -0.3 is 14.6 Å². The largest absolute Gasteiger partial charge is 0.485 e. The molecule has 0 heterocycles. The van der Waals surface area contributed by atoms with Gasteiger partial charge in [0.05, 0.1) is 6.61 Å². The van der Waals surface area contributed by atoms with Gasteiger partial charge in [0.1, 0.15) is 12.4 Å². The lowest BCUT2D eigenvalue weighted by molar-refractivity contribution is -0.116. The third kappa shape index (κ3) is 7.42. The SMILES string of the molecule is CC(=O)CCC(=S)OCCO. The van der Waals surface area contributed by atoms with E-state index in [0.717, 1.165) is 0 Å². The zero-order valence-electron chi connectivity index (χ0n) is 6.50. The topological polar surface area (TPSA) is 46.5 Å². The molecule has 64 valence electrons. The Morgan fingerprint density at radius 2 is 2.18 bits per heavy atom. The first-order valence-corrected chi connectivity index (χ1v) is 3.83. The minimum absolute atomic E-state index is 0.0415. The number of aliphatic hydroxyl groups is 1. The number of hydrogen-bond donors (Lipinski definition) is 1. The summed E-state index contributed by atoms with van der Waals surface area (Å²) in [6, 6.07) is 0. The average molecular weight is 176 g/mol. The molecule has 0 amide bonds. The number of ketones is 1. The number of ether oxygens (including phenoxy) is 1. The molecule has 4 heteroatoms. The zero-order valence-corrected chi connectivity index (χ0v) is 7.32. The fourth-order valence-corrected chi connectivity index (χ4v) is 0.695. The van der Waals surface area contributed by atoms with E-state index < -0.39 is 0 Å². The van der Waals surface area contributed by atoms with Crippen LogP contribution in [-0.2, 0) is 9.53 Å². The van der Waals surface area contributed by atoms with Gasteiger partial charge in [-0.05, 0) is 19.1 Å². The summed E-state index contributed by atoms with van der Waals surface area (Å²) in [7, 11) is 0. The fourth-order valence-electron chi connectivity index (χ4n) is 0.510. The number of hydrogen-bond acceptors (Lipinski definition) is 4. The van der Waals surface area contributed by atoms with Gasteiger partial charge in [-0.1, -0.05) is 0 Å². The number of aliphatic hydroxyl groups excluding tert-OH is 1. The Hall–Kier alpha value is -0.480. The van der Waals surface area contributed by atoms with E-state index >= 15 is 0 Å². The van der Waals surface area contributed by atoms with Gasteiger partial charge in [-0.3, -0.25) is 0 Å². The maximum absolute atomic E-state index is 10.5. The van der Waals surface area contributed by atoms with Gasteiger partial charge in [-0.15, -0.1) is 0 Å². The van der Waals surface area contributed by atoms with Crippen molar-refractivity contribution in [1.82, 2.24) is 0 Å². The van der Waals surface area contributed by atoms with Crippen molar-refractivity contribution < 1.29 is 14.6 Å². The molecular weight excluding hydrogens is 164 g/mol. The third-order valence-corrected chi connectivity index (χ3v) is 1.36. The van der Waals surface area contributed by atoms with E-state index in [0.29, 0.717) is 17.9 Å². The standard InChI is InChI=1S/C7H12O3S/c1-6(9)2-3-7(11)10-5-4-8/h8H,2-5H2,1H3. The predicted molar refractivity (Wildman–Crippen MR) is 45.6 cm³/mol. The smallest absolute Gasteiger partial charge is 0.160 e. The van der Waals surface area contributed by atoms with Gasteiger partial charge in [0.2, 0.25) is 0 Å². The van der Waals surface area contributed by atoms with E-state index in [4.69, 9.17) is 22.1 Å². The molecule has 0 atom stereocenters. The first-order chi connectivity index (χ1) is 5.16. The lowest BCUT2D eigenvalue weighted by atomic mass is 10.2. The zero-order chi connectivity index (χ0) is 8.69. The van der Waals surface area contributed by atoms with Crippen molar-refractivity contribution in [3.63, 3.8) is 0 Å². The van der Waals surface area contributed by atoms with Gasteiger partial charge in [-0.2, -0.15) is 0 Å². The van der Waals surface area contributed by atoms with E-state index in [1.54, 1.807) is 0 Å². The Balaban J connectivity index is 3.30. The summed E-state index contributed by atoms with van der Waals surface area (Å²) in [4.78, 5) is 10.5. The monoisotopic (exact) mass is 176 g/mol. The Bertz CT molecular complexity index is 145. The molecular formula is C7H12O3S. The second kappa shape index (κ2) is 6.24. The molecule has 0 aliphatic rings. The highest BCUT2D eigenvalue weighted by Crippen LogP contribution is 1.95. The molecule has 11 heavy (non-hydrogen) atoms. The molecule has 0 radical (unpaired) electrons. The lowest BCUT2D eigenvalue weighted by Crippen LogP contribution is -2.07. The van der Waals surface area contributed by atoms with E-state index in [-0.39, 0.29) is 19.0 Å². The van der Waals surface area contributed by atoms with Crippen LogP contribution in [0.3, 0.4) is 0 Å². The Kier molecular flexibility index (Phi) is 5.97. The molecule has 0 aliphatic carbocycles. The van der Waals surface area contributed by atoms with Crippen molar-refractivity contribution in [2.75, 3.05) is 13.2 Å². The molecule has 0 unspecified atom stereocenters. The molecule has 0 bridgehead atoms. The van der Waals surface area contributed by atoms with Gasteiger partial charge in [0.15, 0.2) is 5.05 Å². The van der Waals surface area contributed by atoms with Crippen LogP contribution in [-0.4, -0.2) is 29.2 Å². The summed E-state index contributed by atoms with van der Waals surface area (Å²) in [6.07, 6.45) is 0.898. The predicted octanol–water partition coefficient (Wildman–Crippen LogP) is 0.692. The van der Waals surface area contributed by atoms with Crippen LogP contribution in [0.15, 0.2) is 0 Å². The Morgan fingerprint density at radius 3 is 2.64 bits per heavy atom. The van der Waals surface area contributed by atoms with Crippen LogP contribution in [0, 0.1) is 0 Å². The van der Waals surface area contributed by atoms with Crippen LogP contribution in [0.4, 0.5) is 0 Å². The van der Waals surface area contributed by atoms with Crippen molar-refractivity contribution in [3.8, 4) is 0 Å². The van der Waals surface area contributed by atoms with E-state index in [2.05, 4.69) is 0 Å². The Labute approximate surface area is 71.4 Å². The summed E-state index contributed by atoms with van der Waals surface area (Å²) in [5.41, 5.74) is 0. The maximum Gasteiger partial charge on any atom is 0.160 e. The second-order valence-electron chi connectivity index (χ2n) is 2.15. The normalized spacial score (nSPS) is 9.27. The van der Waals surface area contributed by atoms with Gasteiger partial charge >= 0.3 is 0 Å². The number of rotatable bonds is 5. The molecule has 0 saturated heterocycles. The van der Waals surface area contributed by atoms with E-state index in [1.165, 1.54) is 6.92 Å². The molecule has 0 rings (SSSR count).